The molecule has 1 fully saturated rings. The molecule has 1 saturated carbocycles. The van der Waals surface area contributed by atoms with E-state index in [0.29, 0.717) is 27.7 Å². The number of nitrogens with one attached hydrogen (secondary N) is 1. The number of carbonyl (C=O) groups excluding carboxylic acids is 2. The smallest absolute Gasteiger partial charge is 0.244 e. The van der Waals surface area contributed by atoms with Crippen LogP contribution >= 0.6 is 23.2 Å². The largest absolute Gasteiger partial charge is 0.352 e. The number of para-hydroxylation sites is 1. The lowest BCUT2D eigenvalue weighted by Crippen LogP contribution is -2.53. The molecule has 7 nitrogen and oxygen atoms in total. The number of rotatable bonds is 10. The topological polar surface area (TPSA) is 86.8 Å². The van der Waals surface area contributed by atoms with Crippen LogP contribution in [-0.2, 0) is 26.2 Å². The summed E-state index contributed by atoms with van der Waals surface area (Å²) in [5.41, 5.74) is 0.985. The van der Waals surface area contributed by atoms with Gasteiger partial charge in [-0.1, -0.05) is 67.2 Å². The maximum atomic E-state index is 13.7. The van der Waals surface area contributed by atoms with E-state index < -0.39 is 28.5 Å². The molecule has 0 spiro atoms. The number of hydrogen-bond acceptors (Lipinski definition) is 4. The molecule has 10 heteroatoms. The summed E-state index contributed by atoms with van der Waals surface area (Å²) in [6.45, 7) is 1.42. The Morgan fingerprint density at radius 2 is 1.74 bits per heavy atom. The van der Waals surface area contributed by atoms with Gasteiger partial charge in [-0.05, 0) is 49.1 Å². The Morgan fingerprint density at radius 1 is 1.09 bits per heavy atom. The van der Waals surface area contributed by atoms with Crippen molar-refractivity contribution in [3.05, 3.63) is 64.1 Å². The Bertz CT molecular complexity index is 1140. The quantitative estimate of drug-likeness (QED) is 0.476. The van der Waals surface area contributed by atoms with Crippen LogP contribution in [0.25, 0.3) is 0 Å². The number of carbonyl (C=O) groups is 2. The second-order valence-electron chi connectivity index (χ2n) is 8.78. The Kier molecular flexibility index (Phi) is 9.44. The lowest BCUT2D eigenvalue weighted by atomic mass is 10.1. The fraction of sp³-hybridized carbons (Fsp3) is 0.440. The van der Waals surface area contributed by atoms with Crippen LogP contribution < -0.4 is 9.62 Å². The third kappa shape index (κ3) is 7.35. The highest BCUT2D eigenvalue weighted by Crippen LogP contribution is 2.25. The predicted molar refractivity (Wildman–Crippen MR) is 140 cm³/mol. The van der Waals surface area contributed by atoms with Gasteiger partial charge in [-0.15, -0.1) is 0 Å². The Hall–Kier alpha value is -2.29. The standard InChI is InChI=1S/C25H31Cl2N3O4S/c1-3-23(25(32)28-20-9-7-8-10-20)29(16-18-13-14-19(26)15-22(18)27)24(31)17-30(35(2,33)34)21-11-5-4-6-12-21/h4-6,11-15,20,23H,3,7-10,16-17H2,1-2H3,(H,28,32). The van der Waals surface area contributed by atoms with Gasteiger partial charge in [-0.25, -0.2) is 8.42 Å². The molecule has 1 aliphatic rings. The molecule has 1 aliphatic carbocycles. The maximum Gasteiger partial charge on any atom is 0.244 e. The van der Waals surface area contributed by atoms with Gasteiger partial charge in [0.25, 0.3) is 0 Å². The first-order chi connectivity index (χ1) is 16.6. The van der Waals surface area contributed by atoms with Gasteiger partial charge in [0.1, 0.15) is 12.6 Å². The van der Waals surface area contributed by atoms with Crippen LogP contribution in [-0.4, -0.2) is 50.0 Å². The molecule has 1 unspecified atom stereocenters. The molecule has 2 aromatic carbocycles. The van der Waals surface area contributed by atoms with Crippen molar-refractivity contribution >= 4 is 50.7 Å². The van der Waals surface area contributed by atoms with Crippen LogP contribution in [0.2, 0.25) is 10.0 Å². The van der Waals surface area contributed by atoms with E-state index in [1.54, 1.807) is 48.5 Å². The summed E-state index contributed by atoms with van der Waals surface area (Å²) < 4.78 is 26.2. The van der Waals surface area contributed by atoms with Crippen molar-refractivity contribution in [3.8, 4) is 0 Å². The summed E-state index contributed by atoms with van der Waals surface area (Å²) in [6, 6.07) is 12.7. The number of halogens is 2. The summed E-state index contributed by atoms with van der Waals surface area (Å²) in [4.78, 5) is 28.4. The zero-order valence-corrected chi connectivity index (χ0v) is 22.2. The fourth-order valence-electron chi connectivity index (χ4n) is 4.33. The minimum atomic E-state index is -3.76. The summed E-state index contributed by atoms with van der Waals surface area (Å²) in [5.74, 6) is -0.748. The first-order valence-electron chi connectivity index (χ1n) is 11.7. The van der Waals surface area contributed by atoms with Gasteiger partial charge in [0.05, 0.1) is 11.9 Å². The summed E-state index contributed by atoms with van der Waals surface area (Å²) in [6.07, 6.45) is 5.36. The maximum absolute atomic E-state index is 13.7. The molecular formula is C25H31Cl2N3O4S. The molecule has 0 aliphatic heterocycles. The predicted octanol–water partition coefficient (Wildman–Crippen LogP) is 4.63. The molecule has 0 bridgehead atoms. The average molecular weight is 541 g/mol. The van der Waals surface area contributed by atoms with Crippen molar-refractivity contribution in [2.75, 3.05) is 17.1 Å². The number of hydrogen-bond donors (Lipinski definition) is 1. The average Bonchev–Trinajstić information content (AvgIpc) is 3.31. The van der Waals surface area contributed by atoms with Gasteiger partial charge in [-0.2, -0.15) is 0 Å². The summed E-state index contributed by atoms with van der Waals surface area (Å²) in [5, 5.41) is 3.89. The number of anilines is 1. The molecule has 0 aromatic heterocycles. The molecule has 190 valence electrons. The summed E-state index contributed by atoms with van der Waals surface area (Å²) in [7, 11) is -3.76. The van der Waals surface area contributed by atoms with E-state index in [2.05, 4.69) is 5.32 Å². The van der Waals surface area contributed by atoms with Gasteiger partial charge in [0.2, 0.25) is 21.8 Å². The Balaban J connectivity index is 1.93. The van der Waals surface area contributed by atoms with Crippen molar-refractivity contribution in [2.45, 2.75) is 57.7 Å². The SMILES string of the molecule is CCC(C(=O)NC1CCCC1)N(Cc1ccc(Cl)cc1Cl)C(=O)CN(c1ccccc1)S(C)(=O)=O. The highest BCUT2D eigenvalue weighted by atomic mass is 35.5. The molecule has 1 atom stereocenters. The molecule has 0 radical (unpaired) electrons. The first-order valence-corrected chi connectivity index (χ1v) is 14.3. The summed E-state index contributed by atoms with van der Waals surface area (Å²) >= 11 is 12.4. The second-order valence-corrected chi connectivity index (χ2v) is 11.5. The van der Waals surface area contributed by atoms with Crippen LogP contribution in [0.1, 0.15) is 44.6 Å². The highest BCUT2D eigenvalue weighted by molar-refractivity contribution is 7.92. The number of benzene rings is 2. The Labute approximate surface area is 217 Å². The van der Waals surface area contributed by atoms with Crippen molar-refractivity contribution < 1.29 is 18.0 Å². The van der Waals surface area contributed by atoms with Crippen LogP contribution in [0.4, 0.5) is 5.69 Å². The normalized spacial score (nSPS) is 15.0. The molecule has 1 N–H and O–H groups in total. The van der Waals surface area contributed by atoms with Gasteiger partial charge >= 0.3 is 0 Å². The monoisotopic (exact) mass is 539 g/mol. The minimum absolute atomic E-state index is 0.0395. The highest BCUT2D eigenvalue weighted by Gasteiger charge is 2.33. The van der Waals surface area contributed by atoms with Crippen molar-refractivity contribution in [2.24, 2.45) is 0 Å². The molecule has 0 saturated heterocycles. The van der Waals surface area contributed by atoms with E-state index in [-0.39, 0.29) is 18.5 Å². The molecule has 35 heavy (non-hydrogen) atoms. The Morgan fingerprint density at radius 3 is 2.31 bits per heavy atom. The second kappa shape index (κ2) is 12.1. The van der Waals surface area contributed by atoms with Gasteiger partial charge in [-0.3, -0.25) is 13.9 Å². The number of sulfonamides is 1. The first kappa shape index (κ1) is 27.3. The molecular weight excluding hydrogens is 509 g/mol. The van der Waals surface area contributed by atoms with Gasteiger partial charge < -0.3 is 10.2 Å². The lowest BCUT2D eigenvalue weighted by molar-refractivity contribution is -0.140. The molecule has 3 rings (SSSR count). The van der Waals surface area contributed by atoms with E-state index in [1.165, 1.54) is 4.90 Å². The molecule has 2 amide bonds. The minimum Gasteiger partial charge on any atom is -0.352 e. The van der Waals surface area contributed by atoms with Crippen LogP contribution in [0.5, 0.6) is 0 Å². The van der Waals surface area contributed by atoms with E-state index in [9.17, 15) is 18.0 Å². The zero-order chi connectivity index (χ0) is 25.6. The van der Waals surface area contributed by atoms with Gasteiger partial charge in [0, 0.05) is 22.6 Å². The van der Waals surface area contributed by atoms with Crippen molar-refractivity contribution in [3.63, 3.8) is 0 Å². The number of amides is 2. The van der Waals surface area contributed by atoms with Gasteiger partial charge in [0.15, 0.2) is 0 Å². The van der Waals surface area contributed by atoms with Crippen LogP contribution in [0.15, 0.2) is 48.5 Å². The zero-order valence-electron chi connectivity index (χ0n) is 19.9. The third-order valence-corrected chi connectivity index (χ3v) is 7.89. The van der Waals surface area contributed by atoms with E-state index >= 15 is 0 Å². The fourth-order valence-corrected chi connectivity index (χ4v) is 5.65. The van der Waals surface area contributed by atoms with E-state index in [1.807, 2.05) is 6.92 Å². The van der Waals surface area contributed by atoms with E-state index in [4.69, 9.17) is 23.2 Å². The van der Waals surface area contributed by atoms with Crippen LogP contribution in [0, 0.1) is 0 Å². The van der Waals surface area contributed by atoms with Crippen LogP contribution in [0.3, 0.4) is 0 Å². The number of nitrogens with zero attached hydrogens (tertiary/aromatic N) is 2. The molecule has 0 heterocycles. The lowest BCUT2D eigenvalue weighted by Gasteiger charge is -2.33. The van der Waals surface area contributed by atoms with E-state index in [0.717, 1.165) is 36.2 Å². The van der Waals surface area contributed by atoms with Crippen molar-refractivity contribution in [1.82, 2.24) is 10.2 Å². The van der Waals surface area contributed by atoms with Crippen molar-refractivity contribution in [1.29, 1.82) is 0 Å². The third-order valence-electron chi connectivity index (χ3n) is 6.17. The molecule has 2 aromatic rings.